The maximum Gasteiger partial charge on any atom is 0.162 e. The molecular weight excluding hydrogens is 268 g/mol. The highest BCUT2D eigenvalue weighted by atomic mass is 16.1. The van der Waals surface area contributed by atoms with Crippen LogP contribution < -0.4 is 0 Å². The molecule has 0 saturated heterocycles. The molecule has 0 amide bonds. The highest BCUT2D eigenvalue weighted by molar-refractivity contribution is 5.99. The number of rotatable bonds is 10. The summed E-state index contributed by atoms with van der Waals surface area (Å²) in [5, 5.41) is 2.36. The van der Waals surface area contributed by atoms with Crippen molar-refractivity contribution in [3.63, 3.8) is 0 Å². The molecule has 0 spiro atoms. The van der Waals surface area contributed by atoms with Crippen molar-refractivity contribution in [3.8, 4) is 0 Å². The minimum Gasteiger partial charge on any atom is -0.294 e. The molecule has 22 heavy (non-hydrogen) atoms. The lowest BCUT2D eigenvalue weighted by Gasteiger charge is -2.04. The maximum absolute atomic E-state index is 12.3. The van der Waals surface area contributed by atoms with Crippen molar-refractivity contribution < 1.29 is 4.79 Å². The Kier molecular flexibility index (Phi) is 7.15. The molecule has 0 fully saturated rings. The van der Waals surface area contributed by atoms with E-state index in [1.165, 1.54) is 50.3 Å². The summed E-state index contributed by atoms with van der Waals surface area (Å²) in [4.78, 5) is 12.3. The summed E-state index contributed by atoms with van der Waals surface area (Å²) in [7, 11) is 0. The Bertz CT molecular complexity index is 585. The van der Waals surface area contributed by atoms with Crippen molar-refractivity contribution >= 4 is 16.6 Å². The first kappa shape index (κ1) is 16.7. The Balaban J connectivity index is 1.70. The van der Waals surface area contributed by atoms with E-state index in [-0.39, 0.29) is 5.78 Å². The Labute approximate surface area is 134 Å². The van der Waals surface area contributed by atoms with Gasteiger partial charge < -0.3 is 0 Å². The molecule has 118 valence electrons. The number of hydrogen-bond acceptors (Lipinski definition) is 1. The highest BCUT2D eigenvalue weighted by Gasteiger charge is 2.06. The van der Waals surface area contributed by atoms with Crippen LogP contribution in [0.25, 0.3) is 10.8 Å². The molecule has 0 aromatic heterocycles. The van der Waals surface area contributed by atoms with Crippen LogP contribution in [-0.2, 0) is 0 Å². The summed E-state index contributed by atoms with van der Waals surface area (Å²) in [6, 6.07) is 14.3. The zero-order valence-electron chi connectivity index (χ0n) is 13.8. The minimum atomic E-state index is 0.289. The van der Waals surface area contributed by atoms with Crippen LogP contribution in [-0.4, -0.2) is 5.78 Å². The normalized spacial score (nSPS) is 11.0. The summed E-state index contributed by atoms with van der Waals surface area (Å²) in [5.74, 6) is 0.289. The molecule has 2 rings (SSSR count). The first-order valence-corrected chi connectivity index (χ1v) is 8.83. The van der Waals surface area contributed by atoms with Gasteiger partial charge in [-0.25, -0.2) is 0 Å². The molecule has 0 N–H and O–H groups in total. The highest BCUT2D eigenvalue weighted by Crippen LogP contribution is 2.18. The first-order valence-electron chi connectivity index (χ1n) is 8.83. The third-order valence-corrected chi connectivity index (χ3v) is 4.33. The van der Waals surface area contributed by atoms with Gasteiger partial charge in [-0.05, 0) is 23.3 Å². The molecule has 0 aliphatic rings. The van der Waals surface area contributed by atoms with Crippen molar-refractivity contribution in [1.29, 1.82) is 0 Å². The van der Waals surface area contributed by atoms with Crippen molar-refractivity contribution in [2.45, 2.75) is 64.7 Å². The molecule has 0 unspecified atom stereocenters. The van der Waals surface area contributed by atoms with Gasteiger partial charge in [0.1, 0.15) is 0 Å². The minimum absolute atomic E-state index is 0.289. The van der Waals surface area contributed by atoms with Gasteiger partial charge in [-0.2, -0.15) is 0 Å². The molecule has 0 saturated carbocycles. The topological polar surface area (TPSA) is 17.1 Å². The van der Waals surface area contributed by atoms with E-state index in [0.29, 0.717) is 6.42 Å². The second kappa shape index (κ2) is 9.40. The predicted octanol–water partition coefficient (Wildman–Crippen LogP) is 6.55. The van der Waals surface area contributed by atoms with Gasteiger partial charge in [0.25, 0.3) is 0 Å². The maximum atomic E-state index is 12.3. The van der Waals surface area contributed by atoms with E-state index in [1.54, 1.807) is 0 Å². The number of benzene rings is 2. The molecule has 2 aromatic rings. The predicted molar refractivity (Wildman–Crippen MR) is 95.5 cm³/mol. The van der Waals surface area contributed by atoms with Crippen LogP contribution in [0.1, 0.15) is 75.1 Å². The molecule has 1 heteroatoms. The number of carbonyl (C=O) groups excluding carboxylic acids is 1. The van der Waals surface area contributed by atoms with E-state index in [1.807, 2.05) is 24.3 Å². The number of unbranched alkanes of at least 4 members (excludes halogenated alkanes) is 7. The van der Waals surface area contributed by atoms with Crippen molar-refractivity contribution in [1.82, 2.24) is 0 Å². The monoisotopic (exact) mass is 296 g/mol. The second-order valence-electron chi connectivity index (χ2n) is 6.21. The van der Waals surface area contributed by atoms with Crippen LogP contribution in [0.2, 0.25) is 0 Å². The average molecular weight is 296 g/mol. The van der Waals surface area contributed by atoms with Crippen molar-refractivity contribution in [2.24, 2.45) is 0 Å². The van der Waals surface area contributed by atoms with Crippen molar-refractivity contribution in [3.05, 3.63) is 48.0 Å². The largest absolute Gasteiger partial charge is 0.294 e. The molecule has 0 aliphatic carbocycles. The fraction of sp³-hybridized carbons (Fsp3) is 0.476. The van der Waals surface area contributed by atoms with Gasteiger partial charge in [-0.1, -0.05) is 88.3 Å². The lowest BCUT2D eigenvalue weighted by atomic mass is 10.0. The van der Waals surface area contributed by atoms with Gasteiger partial charge >= 0.3 is 0 Å². The van der Waals surface area contributed by atoms with Gasteiger partial charge in [-0.3, -0.25) is 4.79 Å². The van der Waals surface area contributed by atoms with Crippen LogP contribution >= 0.6 is 0 Å². The molecule has 2 aromatic carbocycles. The number of fused-ring (bicyclic) bond motifs is 1. The van der Waals surface area contributed by atoms with Crippen LogP contribution in [0.15, 0.2) is 42.5 Å². The number of carbonyl (C=O) groups is 1. The number of Topliss-reactive ketones (excluding diaryl/α,β-unsaturated/α-hetero) is 1. The zero-order chi connectivity index (χ0) is 15.6. The second-order valence-corrected chi connectivity index (χ2v) is 6.21. The molecular formula is C21H28O. The van der Waals surface area contributed by atoms with E-state index in [2.05, 4.69) is 25.1 Å². The number of ketones is 1. The molecule has 0 radical (unpaired) electrons. The SMILES string of the molecule is CCCCCCCCCCC(=O)c1ccc2ccccc2c1. The molecule has 0 aliphatic heterocycles. The van der Waals surface area contributed by atoms with Crippen LogP contribution in [0.5, 0.6) is 0 Å². The Morgan fingerprint density at radius 3 is 2.14 bits per heavy atom. The third-order valence-electron chi connectivity index (χ3n) is 4.33. The quantitative estimate of drug-likeness (QED) is 0.359. The average Bonchev–Trinajstić information content (AvgIpc) is 2.56. The van der Waals surface area contributed by atoms with E-state index in [0.717, 1.165) is 17.4 Å². The molecule has 0 bridgehead atoms. The Hall–Kier alpha value is -1.63. The number of hydrogen-bond donors (Lipinski definition) is 0. The summed E-state index contributed by atoms with van der Waals surface area (Å²) in [6.07, 6.45) is 10.9. The van der Waals surface area contributed by atoms with Crippen LogP contribution in [0.3, 0.4) is 0 Å². The Morgan fingerprint density at radius 1 is 0.773 bits per heavy atom. The van der Waals surface area contributed by atoms with Gasteiger partial charge in [-0.15, -0.1) is 0 Å². The first-order chi connectivity index (χ1) is 10.8. The van der Waals surface area contributed by atoms with Crippen LogP contribution in [0, 0.1) is 0 Å². The fourth-order valence-corrected chi connectivity index (χ4v) is 2.93. The summed E-state index contributed by atoms with van der Waals surface area (Å²) >= 11 is 0. The third kappa shape index (κ3) is 5.29. The summed E-state index contributed by atoms with van der Waals surface area (Å²) in [5.41, 5.74) is 0.863. The fourth-order valence-electron chi connectivity index (χ4n) is 2.93. The zero-order valence-corrected chi connectivity index (χ0v) is 13.8. The lowest BCUT2D eigenvalue weighted by Crippen LogP contribution is -1.98. The van der Waals surface area contributed by atoms with E-state index < -0.39 is 0 Å². The van der Waals surface area contributed by atoms with Crippen molar-refractivity contribution in [2.75, 3.05) is 0 Å². The van der Waals surface area contributed by atoms with Gasteiger partial charge in [0.2, 0.25) is 0 Å². The molecule has 1 nitrogen and oxygen atoms in total. The standard InChI is InChI=1S/C21H28O/c1-2-3-4-5-6-7-8-9-14-21(22)20-16-15-18-12-10-11-13-19(18)17-20/h10-13,15-17H,2-9,14H2,1H3. The molecule has 0 atom stereocenters. The lowest BCUT2D eigenvalue weighted by molar-refractivity contribution is 0.0979. The van der Waals surface area contributed by atoms with Crippen LogP contribution in [0.4, 0.5) is 0 Å². The molecule has 0 heterocycles. The summed E-state index contributed by atoms with van der Waals surface area (Å²) < 4.78 is 0. The van der Waals surface area contributed by atoms with E-state index in [4.69, 9.17) is 0 Å². The van der Waals surface area contributed by atoms with Gasteiger partial charge in [0.05, 0.1) is 0 Å². The van der Waals surface area contributed by atoms with Gasteiger partial charge in [0.15, 0.2) is 5.78 Å². The summed E-state index contributed by atoms with van der Waals surface area (Å²) in [6.45, 7) is 2.25. The van der Waals surface area contributed by atoms with E-state index in [9.17, 15) is 4.79 Å². The Morgan fingerprint density at radius 2 is 1.41 bits per heavy atom. The van der Waals surface area contributed by atoms with Gasteiger partial charge in [0, 0.05) is 12.0 Å². The van der Waals surface area contributed by atoms with E-state index >= 15 is 0 Å². The smallest absolute Gasteiger partial charge is 0.162 e.